The van der Waals surface area contributed by atoms with Crippen LogP contribution in [0.25, 0.3) is 22.5 Å². The minimum atomic E-state index is -0.342. The largest absolute Gasteiger partial charge is 0.481 e. The molecule has 1 atom stereocenters. The van der Waals surface area contributed by atoms with Gasteiger partial charge in [-0.3, -0.25) is 19.6 Å². The zero-order valence-electron chi connectivity index (χ0n) is 25.2. The van der Waals surface area contributed by atoms with Crippen LogP contribution < -0.4 is 26.0 Å². The third-order valence-electron chi connectivity index (χ3n) is 7.60. The fraction of sp³-hybridized carbons (Fsp3) is 0.303. The molecule has 0 saturated carbocycles. The molecular formula is C33H36ClN7O4. The van der Waals surface area contributed by atoms with Crippen LogP contribution >= 0.6 is 11.6 Å². The Hall–Kier alpha value is -4.42. The monoisotopic (exact) mass is 629 g/mol. The zero-order valence-corrected chi connectivity index (χ0v) is 25.9. The van der Waals surface area contributed by atoms with E-state index in [2.05, 4.69) is 31.2 Å². The number of methoxy groups -OCH3 is 1. The molecule has 0 radical (unpaired) electrons. The number of hydrogen-bond donors (Lipinski definition) is 5. The van der Waals surface area contributed by atoms with Crippen molar-refractivity contribution < 1.29 is 19.4 Å². The minimum Gasteiger partial charge on any atom is -0.481 e. The first-order chi connectivity index (χ1) is 21.9. The number of carbonyl (C=O) groups is 2. The molecule has 45 heavy (non-hydrogen) atoms. The van der Waals surface area contributed by atoms with E-state index in [4.69, 9.17) is 26.4 Å². The first-order valence-corrected chi connectivity index (χ1v) is 15.1. The second-order valence-corrected chi connectivity index (χ2v) is 11.1. The SMILES string of the molecule is COc1nc(-c2ccnc(-c3cccc(NC(=O)c4cc(CNCCO)ccn4)c3C)c2Cl)ccc1CNCC1CCC(=O)N1. The molecule has 0 spiro atoms. The van der Waals surface area contributed by atoms with Crippen molar-refractivity contribution in [3.8, 4) is 28.4 Å². The van der Waals surface area contributed by atoms with Crippen LogP contribution in [0.3, 0.4) is 0 Å². The molecule has 234 valence electrons. The van der Waals surface area contributed by atoms with E-state index in [9.17, 15) is 9.59 Å². The van der Waals surface area contributed by atoms with Crippen LogP contribution in [0.15, 0.2) is 60.9 Å². The Morgan fingerprint density at radius 2 is 1.93 bits per heavy atom. The number of aromatic nitrogens is 3. The highest BCUT2D eigenvalue weighted by atomic mass is 35.5. The van der Waals surface area contributed by atoms with Crippen molar-refractivity contribution >= 4 is 29.1 Å². The Morgan fingerprint density at radius 1 is 1.09 bits per heavy atom. The van der Waals surface area contributed by atoms with Crippen molar-refractivity contribution in [1.82, 2.24) is 30.9 Å². The zero-order chi connectivity index (χ0) is 31.8. The number of aliphatic hydroxyl groups excluding tert-OH is 1. The lowest BCUT2D eigenvalue weighted by atomic mass is 10.0. The Balaban J connectivity index is 1.33. The number of nitrogens with zero attached hydrogens (tertiary/aromatic N) is 3. The van der Waals surface area contributed by atoms with E-state index in [1.54, 1.807) is 25.6 Å². The van der Waals surface area contributed by atoms with Gasteiger partial charge in [0.25, 0.3) is 5.91 Å². The molecular weight excluding hydrogens is 594 g/mol. The molecule has 1 aromatic carbocycles. The van der Waals surface area contributed by atoms with E-state index in [-0.39, 0.29) is 30.2 Å². The van der Waals surface area contributed by atoms with Crippen molar-refractivity contribution in [2.24, 2.45) is 0 Å². The summed E-state index contributed by atoms with van der Waals surface area (Å²) in [4.78, 5) is 38.1. The number of rotatable bonds is 13. The highest BCUT2D eigenvalue weighted by Gasteiger charge is 2.21. The fourth-order valence-corrected chi connectivity index (χ4v) is 5.52. The second kappa shape index (κ2) is 15.0. The first kappa shape index (κ1) is 32.0. The number of hydrogen-bond acceptors (Lipinski definition) is 9. The topological polar surface area (TPSA) is 150 Å². The Kier molecular flexibility index (Phi) is 10.7. The predicted octanol–water partition coefficient (Wildman–Crippen LogP) is 3.88. The maximum Gasteiger partial charge on any atom is 0.274 e. The first-order valence-electron chi connectivity index (χ1n) is 14.7. The van der Waals surface area contributed by atoms with E-state index < -0.39 is 0 Å². The molecule has 1 aliphatic rings. The smallest absolute Gasteiger partial charge is 0.274 e. The van der Waals surface area contributed by atoms with Crippen LogP contribution in [0.2, 0.25) is 5.02 Å². The van der Waals surface area contributed by atoms with Gasteiger partial charge in [-0.2, -0.15) is 0 Å². The Morgan fingerprint density at radius 3 is 2.71 bits per heavy atom. The van der Waals surface area contributed by atoms with Gasteiger partial charge in [-0.25, -0.2) is 4.98 Å². The average molecular weight is 630 g/mol. The number of aliphatic hydroxyl groups is 1. The van der Waals surface area contributed by atoms with Crippen LogP contribution in [0.1, 0.15) is 40.0 Å². The highest BCUT2D eigenvalue weighted by Crippen LogP contribution is 2.38. The van der Waals surface area contributed by atoms with Crippen molar-refractivity contribution in [3.05, 3.63) is 88.3 Å². The number of benzene rings is 1. The number of carbonyl (C=O) groups excluding carboxylic acids is 2. The number of halogens is 1. The highest BCUT2D eigenvalue weighted by molar-refractivity contribution is 6.35. The molecule has 0 aliphatic carbocycles. The second-order valence-electron chi connectivity index (χ2n) is 10.7. The molecule has 0 bridgehead atoms. The molecule has 3 aromatic heterocycles. The van der Waals surface area contributed by atoms with Crippen LogP contribution in [-0.4, -0.2) is 64.7 Å². The molecule has 1 fully saturated rings. The summed E-state index contributed by atoms with van der Waals surface area (Å²) in [6.45, 7) is 4.12. The standard InChI is InChI=1S/C33H36ClN7O4/c1-20-24(4-3-5-26(20)40-32(44)28-16-21(10-12-37-28)17-35-14-15-42)31-30(34)25(11-13-38-31)27-8-6-22(33(41-27)45-2)18-36-19-23-7-9-29(43)39-23/h3-6,8,10-13,16,23,35-36,42H,7,9,14-15,17-19H2,1-2H3,(H,39,43)(H,40,44). The summed E-state index contributed by atoms with van der Waals surface area (Å²) < 4.78 is 5.60. The molecule has 5 rings (SSSR count). The summed E-state index contributed by atoms with van der Waals surface area (Å²) in [5.41, 5.74) is 6.11. The number of nitrogens with one attached hydrogen (secondary N) is 4. The average Bonchev–Trinajstić information content (AvgIpc) is 3.47. The number of ether oxygens (including phenoxy) is 1. The van der Waals surface area contributed by atoms with Crippen molar-refractivity contribution in [3.63, 3.8) is 0 Å². The van der Waals surface area contributed by atoms with Crippen molar-refractivity contribution in [2.75, 3.05) is 32.1 Å². The van der Waals surface area contributed by atoms with Gasteiger partial charge in [-0.1, -0.05) is 29.8 Å². The van der Waals surface area contributed by atoms with E-state index in [1.807, 2.05) is 49.4 Å². The molecule has 11 nitrogen and oxygen atoms in total. The molecule has 1 aliphatic heterocycles. The Bertz CT molecular complexity index is 1680. The van der Waals surface area contributed by atoms with Gasteiger partial charge in [0.1, 0.15) is 5.69 Å². The lowest BCUT2D eigenvalue weighted by Gasteiger charge is -2.16. The minimum absolute atomic E-state index is 0.0363. The Labute approximate surface area is 266 Å². The molecule has 2 amide bonds. The van der Waals surface area contributed by atoms with E-state index in [1.165, 1.54) is 0 Å². The van der Waals surface area contributed by atoms with E-state index in [0.717, 1.165) is 28.7 Å². The van der Waals surface area contributed by atoms with Gasteiger partial charge in [-0.15, -0.1) is 0 Å². The van der Waals surface area contributed by atoms with Crippen LogP contribution in [-0.2, 0) is 17.9 Å². The van der Waals surface area contributed by atoms with Gasteiger partial charge >= 0.3 is 0 Å². The molecule has 12 heteroatoms. The summed E-state index contributed by atoms with van der Waals surface area (Å²) in [6, 6.07) is 14.9. The van der Waals surface area contributed by atoms with Crippen molar-refractivity contribution in [2.45, 2.75) is 38.9 Å². The quantitative estimate of drug-likeness (QED) is 0.139. The molecule has 4 heterocycles. The predicted molar refractivity (Wildman–Crippen MR) is 173 cm³/mol. The van der Waals surface area contributed by atoms with Gasteiger partial charge in [0.05, 0.1) is 30.1 Å². The summed E-state index contributed by atoms with van der Waals surface area (Å²) in [7, 11) is 1.58. The van der Waals surface area contributed by atoms with Crippen molar-refractivity contribution in [1.29, 1.82) is 0 Å². The van der Waals surface area contributed by atoms with Gasteiger partial charge < -0.3 is 31.1 Å². The summed E-state index contributed by atoms with van der Waals surface area (Å²) in [5, 5.41) is 21.8. The fourth-order valence-electron chi connectivity index (χ4n) is 5.21. The van der Waals surface area contributed by atoms with Gasteiger partial charge in [-0.05, 0) is 54.8 Å². The molecule has 1 saturated heterocycles. The van der Waals surface area contributed by atoms with Gasteiger partial charge in [0.15, 0.2) is 0 Å². The maximum atomic E-state index is 13.1. The lowest BCUT2D eigenvalue weighted by Crippen LogP contribution is -2.35. The van der Waals surface area contributed by atoms with Crippen LogP contribution in [0.5, 0.6) is 5.88 Å². The van der Waals surface area contributed by atoms with Crippen LogP contribution in [0, 0.1) is 6.92 Å². The third-order valence-corrected chi connectivity index (χ3v) is 7.98. The van der Waals surface area contributed by atoms with Crippen LogP contribution in [0.4, 0.5) is 5.69 Å². The van der Waals surface area contributed by atoms with Gasteiger partial charge in [0, 0.05) is 73.4 Å². The summed E-state index contributed by atoms with van der Waals surface area (Å²) in [5.74, 6) is 0.229. The number of amides is 2. The third kappa shape index (κ3) is 7.81. The van der Waals surface area contributed by atoms with E-state index in [0.29, 0.717) is 66.1 Å². The molecule has 5 N–H and O–H groups in total. The van der Waals surface area contributed by atoms with E-state index >= 15 is 0 Å². The normalized spacial score (nSPS) is 14.3. The molecule has 1 unspecified atom stereocenters. The maximum absolute atomic E-state index is 13.1. The lowest BCUT2D eigenvalue weighted by molar-refractivity contribution is -0.119. The number of anilines is 1. The number of pyridine rings is 3. The molecule has 4 aromatic rings. The summed E-state index contributed by atoms with van der Waals surface area (Å²) >= 11 is 6.97. The van der Waals surface area contributed by atoms with Gasteiger partial charge in [0.2, 0.25) is 11.8 Å². The summed E-state index contributed by atoms with van der Waals surface area (Å²) in [6.07, 6.45) is 4.66.